The van der Waals surface area contributed by atoms with Gasteiger partial charge in [-0.1, -0.05) is 32.9 Å². The number of esters is 1. The van der Waals surface area contributed by atoms with Gasteiger partial charge in [0.1, 0.15) is 5.69 Å². The van der Waals surface area contributed by atoms with Crippen LogP contribution >= 0.6 is 0 Å². The van der Waals surface area contributed by atoms with Gasteiger partial charge in [-0.05, 0) is 62.3 Å². The zero-order valence-electron chi connectivity index (χ0n) is 19.6. The van der Waals surface area contributed by atoms with Crippen molar-refractivity contribution in [3.63, 3.8) is 0 Å². The monoisotopic (exact) mass is 460 g/mol. The highest BCUT2D eigenvalue weighted by Crippen LogP contribution is 2.33. The summed E-state index contributed by atoms with van der Waals surface area (Å²) in [7, 11) is -3.84. The summed E-state index contributed by atoms with van der Waals surface area (Å²) in [6, 6.07) is 6.69. The number of nitrogens with one attached hydrogen (secondary N) is 1. The minimum Gasteiger partial charge on any atom is -0.461 e. The van der Waals surface area contributed by atoms with E-state index in [1.54, 1.807) is 32.9 Å². The van der Waals surface area contributed by atoms with E-state index in [0.29, 0.717) is 16.8 Å². The van der Waals surface area contributed by atoms with E-state index in [4.69, 9.17) is 4.74 Å². The van der Waals surface area contributed by atoms with E-state index in [1.165, 1.54) is 4.31 Å². The maximum Gasteiger partial charge on any atom is 0.355 e. The Balaban J connectivity index is 1.89. The van der Waals surface area contributed by atoms with E-state index in [0.717, 1.165) is 18.4 Å². The number of carbonyl (C=O) groups is 2. The quantitative estimate of drug-likeness (QED) is 0.472. The number of hydrogen-bond acceptors (Lipinski definition) is 5. The molecule has 3 rings (SSSR count). The molecule has 8 heteroatoms. The van der Waals surface area contributed by atoms with Crippen LogP contribution in [-0.2, 0) is 20.2 Å². The first-order chi connectivity index (χ1) is 14.9. The fourth-order valence-corrected chi connectivity index (χ4v) is 5.47. The van der Waals surface area contributed by atoms with Crippen LogP contribution in [0.4, 0.5) is 0 Å². The van der Waals surface area contributed by atoms with E-state index in [2.05, 4.69) is 25.8 Å². The molecular weight excluding hydrogens is 428 g/mol. The molecule has 1 aliphatic carbocycles. The Morgan fingerprint density at radius 2 is 1.72 bits per heavy atom. The molecule has 0 aliphatic heterocycles. The lowest BCUT2D eigenvalue weighted by molar-refractivity contribution is 0.0519. The first-order valence-corrected chi connectivity index (χ1v) is 12.3. The van der Waals surface area contributed by atoms with Gasteiger partial charge in [0.15, 0.2) is 5.78 Å². The number of carbonyl (C=O) groups excluding carboxylic acids is 2. The number of rotatable bonds is 8. The van der Waals surface area contributed by atoms with Crippen molar-refractivity contribution in [2.24, 2.45) is 0 Å². The predicted molar refractivity (Wildman–Crippen MR) is 123 cm³/mol. The molecule has 0 amide bonds. The molecular formula is C24H32N2O5S. The minimum atomic E-state index is -3.84. The van der Waals surface area contributed by atoms with Crippen LogP contribution < -0.4 is 0 Å². The second kappa shape index (κ2) is 8.83. The number of aromatic amines is 1. The minimum absolute atomic E-state index is 0.0889. The lowest BCUT2D eigenvalue weighted by Crippen LogP contribution is -2.37. The van der Waals surface area contributed by atoms with Crippen LogP contribution in [0.15, 0.2) is 29.2 Å². The van der Waals surface area contributed by atoms with Gasteiger partial charge >= 0.3 is 5.97 Å². The maximum absolute atomic E-state index is 13.4. The highest BCUT2D eigenvalue weighted by Gasteiger charge is 2.40. The summed E-state index contributed by atoms with van der Waals surface area (Å²) >= 11 is 0. The topological polar surface area (TPSA) is 96.5 Å². The smallest absolute Gasteiger partial charge is 0.355 e. The number of nitrogens with zero attached hydrogens (tertiary/aromatic N) is 1. The molecule has 1 N–H and O–H groups in total. The van der Waals surface area contributed by atoms with Gasteiger partial charge in [0.05, 0.1) is 18.0 Å². The summed E-state index contributed by atoms with van der Waals surface area (Å²) in [4.78, 5) is 28.5. The zero-order valence-corrected chi connectivity index (χ0v) is 20.4. The fourth-order valence-electron chi connectivity index (χ4n) is 3.83. The Bertz CT molecular complexity index is 1120. The Morgan fingerprint density at radius 3 is 2.22 bits per heavy atom. The van der Waals surface area contributed by atoms with Crippen LogP contribution in [0, 0.1) is 13.8 Å². The summed E-state index contributed by atoms with van der Waals surface area (Å²) in [5, 5.41) is 0. The third-order valence-corrected chi connectivity index (χ3v) is 7.69. The van der Waals surface area contributed by atoms with Crippen molar-refractivity contribution in [3.8, 4) is 0 Å². The molecule has 0 spiro atoms. The van der Waals surface area contributed by atoms with E-state index in [1.807, 2.05) is 12.1 Å². The average Bonchev–Trinajstić information content (AvgIpc) is 3.50. The van der Waals surface area contributed by atoms with Crippen LogP contribution in [0.5, 0.6) is 0 Å². The van der Waals surface area contributed by atoms with Gasteiger partial charge < -0.3 is 9.72 Å². The second-order valence-corrected chi connectivity index (χ2v) is 11.2. The molecule has 0 unspecified atom stereocenters. The number of benzene rings is 1. The van der Waals surface area contributed by atoms with Gasteiger partial charge in [0.2, 0.25) is 10.0 Å². The largest absolute Gasteiger partial charge is 0.461 e. The summed E-state index contributed by atoms with van der Waals surface area (Å²) < 4.78 is 33.2. The number of Topliss-reactive ketones (excluding diaryl/α,β-unsaturated/α-hetero) is 1. The number of ketones is 1. The molecule has 1 heterocycles. The Kier molecular flexibility index (Phi) is 6.67. The third-order valence-electron chi connectivity index (χ3n) is 5.78. The lowest BCUT2D eigenvalue weighted by atomic mass is 9.87. The van der Waals surface area contributed by atoms with Crippen LogP contribution in [0.1, 0.15) is 78.2 Å². The number of ether oxygens (including phenoxy) is 1. The van der Waals surface area contributed by atoms with Gasteiger partial charge in [0.25, 0.3) is 0 Å². The molecule has 0 saturated heterocycles. The molecule has 0 bridgehead atoms. The molecule has 1 aliphatic rings. The van der Waals surface area contributed by atoms with E-state index < -0.39 is 16.0 Å². The van der Waals surface area contributed by atoms with E-state index in [-0.39, 0.29) is 41.0 Å². The molecule has 0 atom stereocenters. The van der Waals surface area contributed by atoms with E-state index in [9.17, 15) is 18.0 Å². The van der Waals surface area contributed by atoms with Crippen molar-refractivity contribution in [2.45, 2.75) is 70.7 Å². The molecule has 1 fully saturated rings. The summed E-state index contributed by atoms with van der Waals surface area (Å²) in [5.41, 5.74) is 2.53. The van der Waals surface area contributed by atoms with Crippen LogP contribution in [0.2, 0.25) is 0 Å². The van der Waals surface area contributed by atoms with Crippen LogP contribution in [0.25, 0.3) is 0 Å². The fraction of sp³-hybridized carbons (Fsp3) is 0.500. The van der Waals surface area contributed by atoms with Crippen molar-refractivity contribution in [1.29, 1.82) is 0 Å². The predicted octanol–water partition coefficient (Wildman–Crippen LogP) is 4.14. The standard InChI is InChI=1S/C24H32N2O5S/c1-7-31-23(28)22-15(2)21(16(3)25-22)20(27)14-26(18-10-11-18)32(29,30)19-12-8-17(9-13-19)24(4,5)6/h8-9,12-13,18,25H,7,10-11,14H2,1-6H3. The molecule has 2 aromatic rings. The first kappa shape index (κ1) is 24.2. The average molecular weight is 461 g/mol. The van der Waals surface area contributed by atoms with Gasteiger partial charge in [0, 0.05) is 17.3 Å². The Hall–Kier alpha value is -2.45. The number of aryl methyl sites for hydroxylation is 1. The van der Waals surface area contributed by atoms with Crippen molar-refractivity contribution < 1.29 is 22.7 Å². The summed E-state index contributed by atoms with van der Waals surface area (Å²) in [6.45, 7) is 11.2. The SMILES string of the molecule is CCOC(=O)c1[nH]c(C)c(C(=O)CN(C2CC2)S(=O)(=O)c2ccc(C(C)(C)C)cc2)c1C. The van der Waals surface area contributed by atoms with Gasteiger partial charge in [-0.2, -0.15) is 4.31 Å². The molecule has 0 radical (unpaired) electrons. The zero-order chi connectivity index (χ0) is 23.8. The summed E-state index contributed by atoms with van der Waals surface area (Å²) in [6.07, 6.45) is 1.46. The van der Waals surface area contributed by atoms with Gasteiger partial charge in [-0.3, -0.25) is 4.79 Å². The highest BCUT2D eigenvalue weighted by molar-refractivity contribution is 7.89. The summed E-state index contributed by atoms with van der Waals surface area (Å²) in [5.74, 6) is -0.869. The van der Waals surface area contributed by atoms with Crippen molar-refractivity contribution in [3.05, 3.63) is 52.3 Å². The molecule has 7 nitrogen and oxygen atoms in total. The van der Waals surface area contributed by atoms with Gasteiger partial charge in [-0.25, -0.2) is 13.2 Å². The molecule has 1 saturated carbocycles. The van der Waals surface area contributed by atoms with Crippen molar-refractivity contribution >= 4 is 21.8 Å². The van der Waals surface area contributed by atoms with Gasteiger partial charge in [-0.15, -0.1) is 0 Å². The number of hydrogen-bond donors (Lipinski definition) is 1. The van der Waals surface area contributed by atoms with E-state index >= 15 is 0 Å². The van der Waals surface area contributed by atoms with Crippen LogP contribution in [0.3, 0.4) is 0 Å². The second-order valence-electron chi connectivity index (χ2n) is 9.32. The highest BCUT2D eigenvalue weighted by atomic mass is 32.2. The maximum atomic E-state index is 13.4. The number of sulfonamides is 1. The van der Waals surface area contributed by atoms with Crippen molar-refractivity contribution in [1.82, 2.24) is 9.29 Å². The number of aromatic nitrogens is 1. The lowest BCUT2D eigenvalue weighted by Gasteiger charge is -2.23. The molecule has 1 aromatic carbocycles. The molecule has 32 heavy (non-hydrogen) atoms. The number of H-pyrrole nitrogens is 1. The first-order valence-electron chi connectivity index (χ1n) is 10.9. The van der Waals surface area contributed by atoms with Crippen LogP contribution in [-0.4, -0.2) is 48.7 Å². The third kappa shape index (κ3) is 4.81. The Morgan fingerprint density at radius 1 is 1.12 bits per heavy atom. The van der Waals surface area contributed by atoms with Crippen molar-refractivity contribution in [2.75, 3.05) is 13.2 Å². The molecule has 1 aromatic heterocycles. The molecule has 174 valence electrons. The normalized spacial score (nSPS) is 14.6. The Labute approximate surface area is 190 Å².